The molecule has 1 fully saturated rings. The van der Waals surface area contributed by atoms with Crippen LogP contribution in [0.1, 0.15) is 41.0 Å². The SMILES string of the molecule is CCOC(=O)C(C)(CN1CCC(C)C1)NC(C)C. The molecular weight excluding hydrogens is 228 g/mol. The van der Waals surface area contributed by atoms with Crippen LogP contribution in [0.5, 0.6) is 0 Å². The van der Waals surface area contributed by atoms with Crippen LogP contribution in [0.15, 0.2) is 0 Å². The zero-order valence-corrected chi connectivity index (χ0v) is 12.5. The van der Waals surface area contributed by atoms with E-state index in [9.17, 15) is 4.79 Å². The van der Waals surface area contributed by atoms with E-state index in [2.05, 4.69) is 31.0 Å². The summed E-state index contributed by atoms with van der Waals surface area (Å²) in [6.07, 6.45) is 1.22. The molecule has 106 valence electrons. The maximum atomic E-state index is 12.2. The van der Waals surface area contributed by atoms with Gasteiger partial charge >= 0.3 is 5.97 Å². The minimum Gasteiger partial charge on any atom is -0.465 e. The molecule has 0 bridgehead atoms. The number of hydrogen-bond acceptors (Lipinski definition) is 4. The standard InChI is InChI=1S/C14H28N2O2/c1-6-18-13(17)14(5,15-11(2)3)10-16-8-7-12(4)9-16/h11-12,15H,6-10H2,1-5H3. The van der Waals surface area contributed by atoms with Crippen LogP contribution in [0.3, 0.4) is 0 Å². The van der Waals surface area contributed by atoms with E-state index in [1.807, 2.05) is 13.8 Å². The molecule has 1 saturated heterocycles. The molecule has 1 aliphatic heterocycles. The van der Waals surface area contributed by atoms with Gasteiger partial charge in [0, 0.05) is 19.1 Å². The van der Waals surface area contributed by atoms with Crippen LogP contribution in [0.2, 0.25) is 0 Å². The molecule has 0 aromatic heterocycles. The van der Waals surface area contributed by atoms with Crippen molar-refractivity contribution >= 4 is 5.97 Å². The summed E-state index contributed by atoms with van der Waals surface area (Å²) in [4.78, 5) is 14.5. The van der Waals surface area contributed by atoms with E-state index in [1.165, 1.54) is 6.42 Å². The highest BCUT2D eigenvalue weighted by molar-refractivity contribution is 5.80. The second-order valence-corrected chi connectivity index (χ2v) is 5.98. The van der Waals surface area contributed by atoms with Crippen molar-refractivity contribution in [3.8, 4) is 0 Å². The van der Waals surface area contributed by atoms with Crippen molar-refractivity contribution in [2.75, 3.05) is 26.2 Å². The first-order chi connectivity index (χ1) is 8.37. The Kier molecular flexibility index (Phi) is 5.60. The van der Waals surface area contributed by atoms with Crippen LogP contribution in [0.25, 0.3) is 0 Å². The Balaban J connectivity index is 2.67. The van der Waals surface area contributed by atoms with Gasteiger partial charge in [0.05, 0.1) is 6.61 Å². The monoisotopic (exact) mass is 256 g/mol. The van der Waals surface area contributed by atoms with E-state index >= 15 is 0 Å². The van der Waals surface area contributed by atoms with Gasteiger partial charge in [-0.2, -0.15) is 0 Å². The van der Waals surface area contributed by atoms with Gasteiger partial charge in [-0.1, -0.05) is 6.92 Å². The highest BCUT2D eigenvalue weighted by Gasteiger charge is 2.38. The lowest BCUT2D eigenvalue weighted by Crippen LogP contribution is -2.59. The molecule has 0 spiro atoms. The van der Waals surface area contributed by atoms with E-state index in [0.717, 1.165) is 25.6 Å². The minimum atomic E-state index is -0.603. The van der Waals surface area contributed by atoms with Crippen molar-refractivity contribution in [1.29, 1.82) is 0 Å². The predicted molar refractivity (Wildman–Crippen MR) is 73.5 cm³/mol. The highest BCUT2D eigenvalue weighted by atomic mass is 16.5. The van der Waals surface area contributed by atoms with Crippen LogP contribution in [0.4, 0.5) is 0 Å². The molecule has 4 heteroatoms. The van der Waals surface area contributed by atoms with Gasteiger partial charge in [-0.3, -0.25) is 10.1 Å². The van der Waals surface area contributed by atoms with Crippen LogP contribution in [-0.2, 0) is 9.53 Å². The molecule has 2 unspecified atom stereocenters. The lowest BCUT2D eigenvalue weighted by atomic mass is 10.0. The molecule has 1 N–H and O–H groups in total. The molecular formula is C14H28N2O2. The van der Waals surface area contributed by atoms with E-state index < -0.39 is 5.54 Å². The van der Waals surface area contributed by atoms with Gasteiger partial charge in [0.2, 0.25) is 0 Å². The number of nitrogens with zero attached hydrogens (tertiary/aromatic N) is 1. The summed E-state index contributed by atoms with van der Waals surface area (Å²) in [5.74, 6) is 0.591. The normalized spacial score (nSPS) is 24.2. The van der Waals surface area contributed by atoms with Crippen LogP contribution < -0.4 is 5.32 Å². The van der Waals surface area contributed by atoms with Gasteiger partial charge in [-0.05, 0) is 46.6 Å². The molecule has 2 atom stereocenters. The maximum absolute atomic E-state index is 12.2. The minimum absolute atomic E-state index is 0.141. The third-order valence-corrected chi connectivity index (χ3v) is 3.38. The fourth-order valence-corrected chi connectivity index (χ4v) is 2.71. The number of likely N-dealkylation sites (tertiary alicyclic amines) is 1. The second kappa shape index (κ2) is 6.53. The van der Waals surface area contributed by atoms with Crippen molar-refractivity contribution in [2.24, 2.45) is 5.92 Å². The number of rotatable bonds is 6. The third kappa shape index (κ3) is 4.25. The Morgan fingerprint density at radius 1 is 1.56 bits per heavy atom. The molecule has 4 nitrogen and oxygen atoms in total. The van der Waals surface area contributed by atoms with E-state index in [1.54, 1.807) is 0 Å². The Morgan fingerprint density at radius 3 is 2.67 bits per heavy atom. The zero-order chi connectivity index (χ0) is 13.8. The Bertz CT molecular complexity index is 281. The Labute approximate surface area is 111 Å². The summed E-state index contributed by atoms with van der Waals surface area (Å²) in [6, 6.07) is 0.263. The van der Waals surface area contributed by atoms with Crippen molar-refractivity contribution in [1.82, 2.24) is 10.2 Å². The molecule has 0 radical (unpaired) electrons. The molecule has 0 aromatic carbocycles. The molecule has 1 heterocycles. The average molecular weight is 256 g/mol. The number of esters is 1. The van der Waals surface area contributed by atoms with Gasteiger partial charge in [-0.15, -0.1) is 0 Å². The van der Waals surface area contributed by atoms with Crippen LogP contribution in [0, 0.1) is 5.92 Å². The molecule has 18 heavy (non-hydrogen) atoms. The van der Waals surface area contributed by atoms with Crippen molar-refractivity contribution in [2.45, 2.75) is 52.6 Å². The maximum Gasteiger partial charge on any atom is 0.327 e. The zero-order valence-electron chi connectivity index (χ0n) is 12.5. The summed E-state index contributed by atoms with van der Waals surface area (Å²) in [7, 11) is 0. The Morgan fingerprint density at radius 2 is 2.22 bits per heavy atom. The predicted octanol–water partition coefficient (Wildman–Crippen LogP) is 1.65. The third-order valence-electron chi connectivity index (χ3n) is 3.38. The molecule has 0 aliphatic carbocycles. The number of carbonyl (C=O) groups excluding carboxylic acids is 1. The van der Waals surface area contributed by atoms with Gasteiger partial charge in [0.1, 0.15) is 5.54 Å². The number of nitrogens with one attached hydrogen (secondary N) is 1. The molecule has 1 aliphatic rings. The highest BCUT2D eigenvalue weighted by Crippen LogP contribution is 2.19. The van der Waals surface area contributed by atoms with Crippen molar-refractivity contribution in [3.63, 3.8) is 0 Å². The Hall–Kier alpha value is -0.610. The van der Waals surface area contributed by atoms with Crippen molar-refractivity contribution < 1.29 is 9.53 Å². The first kappa shape index (κ1) is 15.4. The van der Waals surface area contributed by atoms with E-state index in [-0.39, 0.29) is 12.0 Å². The first-order valence-electron chi connectivity index (χ1n) is 7.04. The van der Waals surface area contributed by atoms with Crippen LogP contribution >= 0.6 is 0 Å². The topological polar surface area (TPSA) is 41.6 Å². The first-order valence-corrected chi connectivity index (χ1v) is 7.04. The van der Waals surface area contributed by atoms with Gasteiger partial charge < -0.3 is 9.64 Å². The second-order valence-electron chi connectivity index (χ2n) is 5.98. The fraction of sp³-hybridized carbons (Fsp3) is 0.929. The quantitative estimate of drug-likeness (QED) is 0.734. The van der Waals surface area contributed by atoms with Crippen molar-refractivity contribution in [3.05, 3.63) is 0 Å². The molecule has 0 amide bonds. The van der Waals surface area contributed by atoms with E-state index in [4.69, 9.17) is 4.74 Å². The molecule has 0 saturated carbocycles. The summed E-state index contributed by atoms with van der Waals surface area (Å²) in [5.41, 5.74) is -0.603. The average Bonchev–Trinajstić information content (AvgIpc) is 2.62. The number of hydrogen-bond donors (Lipinski definition) is 1. The summed E-state index contributed by atoms with van der Waals surface area (Å²) in [5, 5.41) is 3.37. The summed E-state index contributed by atoms with van der Waals surface area (Å²) < 4.78 is 5.22. The fourth-order valence-electron chi connectivity index (χ4n) is 2.71. The van der Waals surface area contributed by atoms with Crippen LogP contribution in [-0.4, -0.2) is 48.7 Å². The summed E-state index contributed by atoms with van der Waals surface area (Å²) in [6.45, 7) is 13.5. The molecule has 0 aromatic rings. The lowest BCUT2D eigenvalue weighted by Gasteiger charge is -2.34. The summed E-state index contributed by atoms with van der Waals surface area (Å²) >= 11 is 0. The van der Waals surface area contributed by atoms with Gasteiger partial charge in [-0.25, -0.2) is 0 Å². The smallest absolute Gasteiger partial charge is 0.327 e. The molecule has 1 rings (SSSR count). The van der Waals surface area contributed by atoms with E-state index in [0.29, 0.717) is 6.61 Å². The van der Waals surface area contributed by atoms with Gasteiger partial charge in [0.15, 0.2) is 0 Å². The van der Waals surface area contributed by atoms with Gasteiger partial charge in [0.25, 0.3) is 0 Å². The largest absolute Gasteiger partial charge is 0.465 e. The number of carbonyl (C=O) groups is 1. The lowest BCUT2D eigenvalue weighted by molar-refractivity contribution is -0.151. The number of ether oxygens (including phenoxy) is 1.